The molecule has 0 aromatic heterocycles. The van der Waals surface area contributed by atoms with Crippen LogP contribution in [-0.2, 0) is 4.74 Å². The largest absolute Gasteiger partial charge is 0.377 e. The zero-order chi connectivity index (χ0) is 12.9. The normalized spacial score (nSPS) is 26.1. The summed E-state index contributed by atoms with van der Waals surface area (Å²) in [4.78, 5) is 2.54. The molecule has 2 atom stereocenters. The Balaban J connectivity index is 2.58. The molecule has 0 amide bonds. The van der Waals surface area contributed by atoms with Crippen LogP contribution in [-0.4, -0.2) is 42.8 Å². The molecule has 17 heavy (non-hydrogen) atoms. The molecule has 3 nitrogen and oxygen atoms in total. The Kier molecular flexibility index (Phi) is 5.90. The molecule has 0 bridgehead atoms. The van der Waals surface area contributed by atoms with Gasteiger partial charge in [-0.2, -0.15) is 0 Å². The minimum atomic E-state index is 0.119. The first-order chi connectivity index (χ1) is 8.04. The maximum Gasteiger partial charge on any atom is 0.0702 e. The van der Waals surface area contributed by atoms with E-state index in [2.05, 4.69) is 32.6 Å². The number of hydrogen-bond donors (Lipinski definition) is 1. The van der Waals surface area contributed by atoms with Gasteiger partial charge in [0.15, 0.2) is 0 Å². The van der Waals surface area contributed by atoms with E-state index < -0.39 is 0 Å². The summed E-state index contributed by atoms with van der Waals surface area (Å²) in [5.74, 6) is 0.581. The quantitative estimate of drug-likeness (QED) is 0.776. The molecule has 1 rings (SSSR count). The minimum absolute atomic E-state index is 0.119. The maximum atomic E-state index is 6.00. The van der Waals surface area contributed by atoms with Crippen LogP contribution in [0.15, 0.2) is 0 Å². The molecule has 0 aromatic rings. The van der Waals surface area contributed by atoms with Crippen LogP contribution in [0.25, 0.3) is 0 Å². The Labute approximate surface area is 107 Å². The standard InChI is InChI=1S/C14H30N2O/c1-5-9-17-13-7-6-8-16(10-13)14(4,11-15)12(2)3/h12-13H,5-11,15H2,1-4H3. The van der Waals surface area contributed by atoms with E-state index in [1.165, 1.54) is 12.8 Å². The molecule has 3 heteroatoms. The van der Waals surface area contributed by atoms with Crippen molar-refractivity contribution in [3.05, 3.63) is 0 Å². The van der Waals surface area contributed by atoms with Crippen LogP contribution in [0.3, 0.4) is 0 Å². The van der Waals surface area contributed by atoms with E-state index in [0.717, 1.165) is 32.7 Å². The van der Waals surface area contributed by atoms with Gasteiger partial charge in [0.25, 0.3) is 0 Å². The molecule has 0 aliphatic carbocycles. The van der Waals surface area contributed by atoms with Crippen molar-refractivity contribution in [2.75, 3.05) is 26.2 Å². The summed E-state index contributed by atoms with van der Waals surface area (Å²) in [5.41, 5.74) is 6.12. The number of likely N-dealkylation sites (tertiary alicyclic amines) is 1. The van der Waals surface area contributed by atoms with Gasteiger partial charge in [-0.05, 0) is 38.6 Å². The van der Waals surface area contributed by atoms with Gasteiger partial charge in [0.2, 0.25) is 0 Å². The fraction of sp³-hybridized carbons (Fsp3) is 1.00. The van der Waals surface area contributed by atoms with Gasteiger partial charge in [0, 0.05) is 25.2 Å². The van der Waals surface area contributed by atoms with Crippen molar-refractivity contribution in [2.24, 2.45) is 11.7 Å². The first kappa shape index (κ1) is 14.9. The van der Waals surface area contributed by atoms with Crippen LogP contribution < -0.4 is 5.73 Å². The molecule has 0 spiro atoms. The van der Waals surface area contributed by atoms with Crippen molar-refractivity contribution >= 4 is 0 Å². The minimum Gasteiger partial charge on any atom is -0.377 e. The summed E-state index contributed by atoms with van der Waals surface area (Å²) >= 11 is 0. The Morgan fingerprint density at radius 2 is 2.18 bits per heavy atom. The Morgan fingerprint density at radius 1 is 1.47 bits per heavy atom. The van der Waals surface area contributed by atoms with Gasteiger partial charge in [-0.25, -0.2) is 0 Å². The molecule has 2 N–H and O–H groups in total. The number of nitrogens with zero attached hydrogens (tertiary/aromatic N) is 1. The van der Waals surface area contributed by atoms with E-state index in [1.807, 2.05) is 0 Å². The van der Waals surface area contributed by atoms with Crippen molar-refractivity contribution in [3.8, 4) is 0 Å². The second kappa shape index (κ2) is 6.72. The third kappa shape index (κ3) is 3.67. The van der Waals surface area contributed by atoms with Gasteiger partial charge < -0.3 is 10.5 Å². The SMILES string of the molecule is CCCOC1CCCN(C(C)(CN)C(C)C)C1. The van der Waals surface area contributed by atoms with Gasteiger partial charge >= 0.3 is 0 Å². The van der Waals surface area contributed by atoms with Crippen molar-refractivity contribution < 1.29 is 4.74 Å². The predicted octanol–water partition coefficient (Wildman–Crippen LogP) is 2.25. The van der Waals surface area contributed by atoms with Crippen LogP contribution in [0, 0.1) is 5.92 Å². The summed E-state index contributed by atoms with van der Waals surface area (Å²) in [7, 11) is 0. The fourth-order valence-electron chi connectivity index (χ4n) is 2.55. The number of ether oxygens (including phenoxy) is 1. The third-order valence-electron chi connectivity index (χ3n) is 4.32. The third-order valence-corrected chi connectivity index (χ3v) is 4.32. The monoisotopic (exact) mass is 242 g/mol. The van der Waals surface area contributed by atoms with Crippen LogP contribution in [0.5, 0.6) is 0 Å². The molecule has 1 aliphatic heterocycles. The first-order valence-corrected chi connectivity index (χ1v) is 7.11. The Bertz CT molecular complexity index is 220. The van der Waals surface area contributed by atoms with Crippen molar-refractivity contribution in [1.82, 2.24) is 4.90 Å². The second-order valence-corrected chi connectivity index (χ2v) is 5.80. The lowest BCUT2D eigenvalue weighted by Gasteiger charge is -2.47. The molecule has 0 saturated carbocycles. The van der Waals surface area contributed by atoms with Gasteiger partial charge in [-0.15, -0.1) is 0 Å². The smallest absolute Gasteiger partial charge is 0.0702 e. The average Bonchev–Trinajstić information content (AvgIpc) is 2.35. The summed E-state index contributed by atoms with van der Waals surface area (Å²) in [6.07, 6.45) is 3.95. The summed E-state index contributed by atoms with van der Waals surface area (Å²) in [5, 5.41) is 0. The molecule has 1 aliphatic rings. The molecule has 0 aromatic carbocycles. The first-order valence-electron chi connectivity index (χ1n) is 7.11. The highest BCUT2D eigenvalue weighted by Gasteiger charge is 2.36. The van der Waals surface area contributed by atoms with E-state index in [0.29, 0.717) is 12.0 Å². The molecule has 2 unspecified atom stereocenters. The predicted molar refractivity (Wildman–Crippen MR) is 73.1 cm³/mol. The molecule has 102 valence electrons. The highest BCUT2D eigenvalue weighted by atomic mass is 16.5. The van der Waals surface area contributed by atoms with Gasteiger partial charge in [0.05, 0.1) is 6.10 Å². The number of hydrogen-bond acceptors (Lipinski definition) is 3. The lowest BCUT2D eigenvalue weighted by atomic mass is 9.85. The van der Waals surface area contributed by atoms with Crippen LogP contribution in [0.1, 0.15) is 47.0 Å². The zero-order valence-electron chi connectivity index (χ0n) is 12.0. The van der Waals surface area contributed by atoms with E-state index in [-0.39, 0.29) is 5.54 Å². The van der Waals surface area contributed by atoms with Gasteiger partial charge in [0.1, 0.15) is 0 Å². The zero-order valence-corrected chi connectivity index (χ0v) is 12.0. The maximum absolute atomic E-state index is 6.00. The highest BCUT2D eigenvalue weighted by molar-refractivity contribution is 4.93. The summed E-state index contributed by atoms with van der Waals surface area (Å²) in [6.45, 7) is 12.8. The second-order valence-electron chi connectivity index (χ2n) is 5.80. The Morgan fingerprint density at radius 3 is 2.71 bits per heavy atom. The Hall–Kier alpha value is -0.120. The number of rotatable bonds is 6. The van der Waals surface area contributed by atoms with E-state index >= 15 is 0 Å². The number of piperidine rings is 1. The van der Waals surface area contributed by atoms with Gasteiger partial charge in [-0.3, -0.25) is 4.90 Å². The van der Waals surface area contributed by atoms with E-state index in [9.17, 15) is 0 Å². The highest BCUT2D eigenvalue weighted by Crippen LogP contribution is 2.28. The molecule has 1 heterocycles. The average molecular weight is 242 g/mol. The molecule has 1 fully saturated rings. The molecule has 0 radical (unpaired) electrons. The van der Waals surface area contributed by atoms with Crippen LogP contribution >= 0.6 is 0 Å². The number of nitrogens with two attached hydrogens (primary N) is 1. The fourth-order valence-corrected chi connectivity index (χ4v) is 2.55. The summed E-state index contributed by atoms with van der Waals surface area (Å²) in [6, 6.07) is 0. The topological polar surface area (TPSA) is 38.5 Å². The van der Waals surface area contributed by atoms with Gasteiger partial charge in [-0.1, -0.05) is 20.8 Å². The lowest BCUT2D eigenvalue weighted by Crippen LogP contribution is -2.59. The molecular formula is C14H30N2O. The van der Waals surface area contributed by atoms with Crippen molar-refractivity contribution in [1.29, 1.82) is 0 Å². The summed E-state index contributed by atoms with van der Waals surface area (Å²) < 4.78 is 5.90. The van der Waals surface area contributed by atoms with Crippen LogP contribution in [0.4, 0.5) is 0 Å². The molecular weight excluding hydrogens is 212 g/mol. The molecule has 1 saturated heterocycles. The van der Waals surface area contributed by atoms with E-state index in [1.54, 1.807) is 0 Å². The van der Waals surface area contributed by atoms with E-state index in [4.69, 9.17) is 10.5 Å². The van der Waals surface area contributed by atoms with Crippen LogP contribution in [0.2, 0.25) is 0 Å². The van der Waals surface area contributed by atoms with Crippen molar-refractivity contribution in [3.63, 3.8) is 0 Å². The van der Waals surface area contributed by atoms with Crippen molar-refractivity contribution in [2.45, 2.75) is 58.6 Å². The lowest BCUT2D eigenvalue weighted by molar-refractivity contribution is -0.0438.